The number of aryl methyl sites for hydroxylation is 1. The standard InChI is InChI=1S/C20H22FN3O2/c1-15-10-17(14-22-13-15)20(26)24-7-3-6-23(8-9-24)19(25)12-16-4-2-5-18(21)11-16/h2,4-5,10-11,13-14H,3,6-9,12H2,1H3. The zero-order chi connectivity index (χ0) is 18.5. The summed E-state index contributed by atoms with van der Waals surface area (Å²) in [6.45, 7) is 4.08. The molecule has 0 unspecified atom stereocenters. The SMILES string of the molecule is Cc1cncc(C(=O)N2CCCN(C(=O)Cc3cccc(F)c3)CC2)c1. The van der Waals surface area contributed by atoms with Crippen LogP contribution in [0.2, 0.25) is 0 Å². The van der Waals surface area contributed by atoms with E-state index in [-0.39, 0.29) is 24.1 Å². The lowest BCUT2D eigenvalue weighted by Crippen LogP contribution is -2.38. The number of nitrogens with zero attached hydrogens (tertiary/aromatic N) is 3. The lowest BCUT2D eigenvalue weighted by atomic mass is 10.1. The van der Waals surface area contributed by atoms with Crippen LogP contribution in [0.25, 0.3) is 0 Å². The van der Waals surface area contributed by atoms with Crippen LogP contribution >= 0.6 is 0 Å². The Balaban J connectivity index is 1.61. The van der Waals surface area contributed by atoms with E-state index in [0.29, 0.717) is 37.3 Å². The molecule has 1 aliphatic heterocycles. The Bertz CT molecular complexity index is 809. The molecule has 1 aliphatic rings. The van der Waals surface area contributed by atoms with Gasteiger partial charge in [-0.05, 0) is 42.7 Å². The van der Waals surface area contributed by atoms with Gasteiger partial charge in [-0.25, -0.2) is 4.39 Å². The Morgan fingerprint density at radius 2 is 1.85 bits per heavy atom. The summed E-state index contributed by atoms with van der Waals surface area (Å²) < 4.78 is 13.3. The summed E-state index contributed by atoms with van der Waals surface area (Å²) in [6.07, 6.45) is 4.19. The van der Waals surface area contributed by atoms with E-state index in [4.69, 9.17) is 0 Å². The smallest absolute Gasteiger partial charge is 0.255 e. The minimum absolute atomic E-state index is 0.0397. The maximum Gasteiger partial charge on any atom is 0.255 e. The average molecular weight is 355 g/mol. The van der Waals surface area contributed by atoms with Crippen LogP contribution in [-0.4, -0.2) is 52.8 Å². The average Bonchev–Trinajstić information content (AvgIpc) is 2.87. The highest BCUT2D eigenvalue weighted by atomic mass is 19.1. The highest BCUT2D eigenvalue weighted by molar-refractivity contribution is 5.94. The summed E-state index contributed by atoms with van der Waals surface area (Å²) >= 11 is 0. The predicted molar refractivity (Wildman–Crippen MR) is 96.2 cm³/mol. The van der Waals surface area contributed by atoms with E-state index < -0.39 is 0 Å². The number of aromatic nitrogens is 1. The lowest BCUT2D eigenvalue weighted by Gasteiger charge is -2.22. The second kappa shape index (κ2) is 8.08. The third-order valence-electron chi connectivity index (χ3n) is 4.50. The van der Waals surface area contributed by atoms with Crippen LogP contribution in [0.3, 0.4) is 0 Å². The predicted octanol–water partition coefficient (Wildman–Crippen LogP) is 2.45. The first-order valence-corrected chi connectivity index (χ1v) is 8.76. The van der Waals surface area contributed by atoms with Crippen molar-refractivity contribution in [2.75, 3.05) is 26.2 Å². The fourth-order valence-electron chi connectivity index (χ4n) is 3.16. The second-order valence-corrected chi connectivity index (χ2v) is 6.58. The highest BCUT2D eigenvalue weighted by Gasteiger charge is 2.23. The first kappa shape index (κ1) is 18.0. The van der Waals surface area contributed by atoms with Crippen molar-refractivity contribution in [2.24, 2.45) is 0 Å². The van der Waals surface area contributed by atoms with Gasteiger partial charge in [0.05, 0.1) is 12.0 Å². The molecule has 5 nitrogen and oxygen atoms in total. The molecule has 0 N–H and O–H groups in total. The van der Waals surface area contributed by atoms with Gasteiger partial charge in [0.1, 0.15) is 5.82 Å². The molecule has 0 atom stereocenters. The third-order valence-corrected chi connectivity index (χ3v) is 4.50. The van der Waals surface area contributed by atoms with E-state index in [2.05, 4.69) is 4.98 Å². The van der Waals surface area contributed by atoms with Crippen molar-refractivity contribution in [3.05, 3.63) is 65.2 Å². The van der Waals surface area contributed by atoms with Crippen LogP contribution in [-0.2, 0) is 11.2 Å². The molecule has 3 rings (SSSR count). The molecule has 1 aromatic heterocycles. The first-order valence-electron chi connectivity index (χ1n) is 8.76. The Morgan fingerprint density at radius 3 is 2.62 bits per heavy atom. The Morgan fingerprint density at radius 1 is 1.08 bits per heavy atom. The van der Waals surface area contributed by atoms with Crippen molar-refractivity contribution in [3.8, 4) is 0 Å². The quantitative estimate of drug-likeness (QED) is 0.850. The van der Waals surface area contributed by atoms with Gasteiger partial charge in [0.25, 0.3) is 5.91 Å². The summed E-state index contributed by atoms with van der Waals surface area (Å²) in [5.74, 6) is -0.433. The number of carbonyl (C=O) groups is 2. The molecule has 2 amide bonds. The van der Waals surface area contributed by atoms with Gasteiger partial charge in [-0.3, -0.25) is 14.6 Å². The highest BCUT2D eigenvalue weighted by Crippen LogP contribution is 2.12. The molecule has 136 valence electrons. The number of hydrogen-bond donors (Lipinski definition) is 0. The lowest BCUT2D eigenvalue weighted by molar-refractivity contribution is -0.130. The number of benzene rings is 1. The van der Waals surface area contributed by atoms with Crippen LogP contribution < -0.4 is 0 Å². The normalized spacial score (nSPS) is 14.8. The Kier molecular flexibility index (Phi) is 5.61. The van der Waals surface area contributed by atoms with Crippen molar-refractivity contribution in [3.63, 3.8) is 0 Å². The van der Waals surface area contributed by atoms with Crippen molar-refractivity contribution in [1.82, 2.24) is 14.8 Å². The molecule has 0 saturated carbocycles. The van der Waals surface area contributed by atoms with Crippen LogP contribution in [0.4, 0.5) is 4.39 Å². The van der Waals surface area contributed by atoms with Gasteiger partial charge < -0.3 is 9.80 Å². The maximum atomic E-state index is 13.3. The number of hydrogen-bond acceptors (Lipinski definition) is 3. The van der Waals surface area contributed by atoms with Crippen LogP contribution in [0.5, 0.6) is 0 Å². The van der Waals surface area contributed by atoms with Crippen LogP contribution in [0.15, 0.2) is 42.7 Å². The van der Waals surface area contributed by atoms with E-state index >= 15 is 0 Å². The second-order valence-electron chi connectivity index (χ2n) is 6.58. The summed E-state index contributed by atoms with van der Waals surface area (Å²) in [4.78, 5) is 32.8. The fraction of sp³-hybridized carbons (Fsp3) is 0.350. The van der Waals surface area contributed by atoms with E-state index in [1.807, 2.05) is 13.0 Å². The minimum Gasteiger partial charge on any atom is -0.341 e. The number of halogens is 1. The van der Waals surface area contributed by atoms with Crippen LogP contribution in [0, 0.1) is 12.7 Å². The molecular weight excluding hydrogens is 333 g/mol. The van der Waals surface area contributed by atoms with Gasteiger partial charge in [-0.2, -0.15) is 0 Å². The number of pyridine rings is 1. The van der Waals surface area contributed by atoms with E-state index in [1.54, 1.807) is 34.3 Å². The Hall–Kier alpha value is -2.76. The number of carbonyl (C=O) groups excluding carboxylic acids is 2. The van der Waals surface area contributed by atoms with Crippen molar-refractivity contribution >= 4 is 11.8 Å². The van der Waals surface area contributed by atoms with Gasteiger partial charge in [0.15, 0.2) is 0 Å². The molecule has 26 heavy (non-hydrogen) atoms. The van der Waals surface area contributed by atoms with Crippen molar-refractivity contribution in [1.29, 1.82) is 0 Å². The molecule has 0 aliphatic carbocycles. The van der Waals surface area contributed by atoms with Crippen LogP contribution in [0.1, 0.15) is 27.9 Å². The molecule has 0 bridgehead atoms. The largest absolute Gasteiger partial charge is 0.341 e. The third kappa shape index (κ3) is 4.45. The molecule has 0 spiro atoms. The summed E-state index contributed by atoms with van der Waals surface area (Å²) in [6, 6.07) is 7.93. The zero-order valence-electron chi connectivity index (χ0n) is 14.8. The molecular formula is C20H22FN3O2. The van der Waals surface area contributed by atoms with Crippen molar-refractivity contribution < 1.29 is 14.0 Å². The first-order chi connectivity index (χ1) is 12.5. The molecule has 2 heterocycles. The molecule has 0 radical (unpaired) electrons. The van der Waals surface area contributed by atoms with E-state index in [1.165, 1.54) is 12.1 Å². The molecule has 6 heteroatoms. The molecule has 2 aromatic rings. The molecule has 1 saturated heterocycles. The van der Waals surface area contributed by atoms with Gasteiger partial charge in [0.2, 0.25) is 5.91 Å². The van der Waals surface area contributed by atoms with E-state index in [0.717, 1.165) is 12.0 Å². The minimum atomic E-state index is -0.338. The number of rotatable bonds is 3. The monoisotopic (exact) mass is 355 g/mol. The fourth-order valence-corrected chi connectivity index (χ4v) is 3.16. The summed E-state index contributed by atoms with van der Waals surface area (Å²) in [5, 5.41) is 0. The Labute approximate surface area is 152 Å². The number of amides is 2. The van der Waals surface area contributed by atoms with E-state index in [9.17, 15) is 14.0 Å². The van der Waals surface area contributed by atoms with Gasteiger partial charge >= 0.3 is 0 Å². The molecule has 1 fully saturated rings. The topological polar surface area (TPSA) is 53.5 Å². The zero-order valence-corrected chi connectivity index (χ0v) is 14.8. The van der Waals surface area contributed by atoms with Gasteiger partial charge in [-0.15, -0.1) is 0 Å². The maximum absolute atomic E-state index is 13.3. The molecule has 1 aromatic carbocycles. The van der Waals surface area contributed by atoms with Crippen molar-refractivity contribution in [2.45, 2.75) is 19.8 Å². The summed E-state index contributed by atoms with van der Waals surface area (Å²) in [5.41, 5.74) is 2.18. The van der Waals surface area contributed by atoms with Gasteiger partial charge in [-0.1, -0.05) is 12.1 Å². The summed E-state index contributed by atoms with van der Waals surface area (Å²) in [7, 11) is 0. The van der Waals surface area contributed by atoms with Gasteiger partial charge in [0, 0.05) is 38.6 Å².